The van der Waals surface area contributed by atoms with Crippen LogP contribution in [-0.2, 0) is 22.6 Å². The van der Waals surface area contributed by atoms with E-state index in [1.54, 1.807) is 7.11 Å². The lowest BCUT2D eigenvalue weighted by Crippen LogP contribution is -2.40. The van der Waals surface area contributed by atoms with Crippen molar-refractivity contribution < 1.29 is 9.47 Å². The Morgan fingerprint density at radius 2 is 1.78 bits per heavy atom. The molecule has 180 valence electrons. The monoisotopic (exact) mass is 444 g/mol. The molecule has 3 rings (SSSR count). The first-order valence-electron chi connectivity index (χ1n) is 12.5. The molecule has 6 nitrogen and oxygen atoms in total. The van der Waals surface area contributed by atoms with Crippen LogP contribution in [0.4, 0.5) is 0 Å². The summed E-state index contributed by atoms with van der Waals surface area (Å²) in [5.41, 5.74) is 2.67. The number of hydrogen-bond acceptors (Lipinski definition) is 4. The van der Waals surface area contributed by atoms with E-state index in [-0.39, 0.29) is 0 Å². The third-order valence-corrected chi connectivity index (χ3v) is 6.49. The molecule has 6 heteroatoms. The van der Waals surface area contributed by atoms with Crippen molar-refractivity contribution in [2.45, 2.75) is 46.7 Å². The molecule has 0 radical (unpaired) electrons. The Labute approximate surface area is 195 Å². The summed E-state index contributed by atoms with van der Waals surface area (Å²) >= 11 is 0. The van der Waals surface area contributed by atoms with E-state index in [1.165, 1.54) is 30.6 Å². The number of nitrogens with zero attached hydrogens (tertiary/aromatic N) is 3. The summed E-state index contributed by atoms with van der Waals surface area (Å²) in [4.78, 5) is 9.92. The zero-order valence-corrected chi connectivity index (χ0v) is 20.7. The fraction of sp³-hybridized carbons (Fsp3) is 0.731. The standard InChI is InChI=1S/C26H44N4O2/c1-5-27-26(30-11-10-25(19-30)20-32-13-12-31-4)28-15-23-6-8-24(9-7-23)18-29-16-21(2)14-22(3)17-29/h6-9,21-22,25H,5,10-20H2,1-4H3,(H,27,28). The highest BCUT2D eigenvalue weighted by atomic mass is 16.5. The van der Waals surface area contributed by atoms with Gasteiger partial charge in [0.05, 0.1) is 26.4 Å². The minimum atomic E-state index is 0.565. The lowest BCUT2D eigenvalue weighted by molar-refractivity contribution is 0.0536. The molecule has 3 unspecified atom stereocenters. The minimum absolute atomic E-state index is 0.565. The van der Waals surface area contributed by atoms with Crippen LogP contribution >= 0.6 is 0 Å². The Hall–Kier alpha value is -1.63. The molecule has 3 atom stereocenters. The van der Waals surface area contributed by atoms with Gasteiger partial charge in [-0.1, -0.05) is 38.1 Å². The summed E-state index contributed by atoms with van der Waals surface area (Å²) in [6, 6.07) is 9.06. The number of rotatable bonds is 10. The zero-order chi connectivity index (χ0) is 22.8. The lowest BCUT2D eigenvalue weighted by atomic mass is 9.91. The average Bonchev–Trinajstić information content (AvgIpc) is 3.23. The number of hydrogen-bond donors (Lipinski definition) is 1. The quantitative estimate of drug-likeness (QED) is 0.339. The number of methoxy groups -OCH3 is 1. The van der Waals surface area contributed by atoms with Gasteiger partial charge in [0.2, 0.25) is 0 Å². The van der Waals surface area contributed by atoms with Crippen molar-refractivity contribution >= 4 is 5.96 Å². The molecule has 2 aliphatic rings. The Morgan fingerprint density at radius 1 is 1.06 bits per heavy atom. The summed E-state index contributed by atoms with van der Waals surface area (Å²) in [7, 11) is 1.71. The lowest BCUT2D eigenvalue weighted by Gasteiger charge is -2.35. The summed E-state index contributed by atoms with van der Waals surface area (Å²) in [6.45, 7) is 16.2. The van der Waals surface area contributed by atoms with Crippen molar-refractivity contribution in [2.75, 3.05) is 59.7 Å². The normalized spacial score (nSPS) is 24.8. The van der Waals surface area contributed by atoms with Crippen LogP contribution in [0.3, 0.4) is 0 Å². The fourth-order valence-electron chi connectivity index (χ4n) is 5.07. The van der Waals surface area contributed by atoms with Crippen LogP contribution in [-0.4, -0.2) is 75.4 Å². The topological polar surface area (TPSA) is 49.3 Å². The van der Waals surface area contributed by atoms with Gasteiger partial charge >= 0.3 is 0 Å². The van der Waals surface area contributed by atoms with Crippen LogP contribution in [0.15, 0.2) is 29.3 Å². The van der Waals surface area contributed by atoms with Crippen LogP contribution in [0.5, 0.6) is 0 Å². The number of nitrogens with one attached hydrogen (secondary N) is 1. The number of benzene rings is 1. The predicted molar refractivity (Wildman–Crippen MR) is 132 cm³/mol. The van der Waals surface area contributed by atoms with E-state index in [9.17, 15) is 0 Å². The summed E-state index contributed by atoms with van der Waals surface area (Å²) < 4.78 is 10.8. The maximum Gasteiger partial charge on any atom is 0.194 e. The molecular weight excluding hydrogens is 400 g/mol. The first kappa shape index (κ1) is 25.0. The summed E-state index contributed by atoms with van der Waals surface area (Å²) in [6.07, 6.45) is 2.51. The molecule has 32 heavy (non-hydrogen) atoms. The average molecular weight is 445 g/mol. The van der Waals surface area contributed by atoms with Crippen LogP contribution in [0.25, 0.3) is 0 Å². The molecule has 0 amide bonds. The van der Waals surface area contributed by atoms with Gasteiger partial charge in [0.1, 0.15) is 0 Å². The minimum Gasteiger partial charge on any atom is -0.382 e. The maximum atomic E-state index is 5.74. The second kappa shape index (κ2) is 13.2. The Kier molecular flexibility index (Phi) is 10.3. The molecule has 2 heterocycles. The second-order valence-corrected chi connectivity index (χ2v) is 9.80. The molecule has 0 aromatic heterocycles. The van der Waals surface area contributed by atoms with Crippen molar-refractivity contribution in [1.82, 2.24) is 15.1 Å². The van der Waals surface area contributed by atoms with Crippen LogP contribution in [0.1, 0.15) is 44.7 Å². The molecular formula is C26H44N4O2. The number of guanidine groups is 1. The molecule has 0 spiro atoms. The zero-order valence-electron chi connectivity index (χ0n) is 20.7. The molecule has 1 N–H and O–H groups in total. The van der Waals surface area contributed by atoms with Crippen LogP contribution in [0.2, 0.25) is 0 Å². The smallest absolute Gasteiger partial charge is 0.194 e. The largest absolute Gasteiger partial charge is 0.382 e. The first-order valence-corrected chi connectivity index (χ1v) is 12.5. The van der Waals surface area contributed by atoms with E-state index in [0.29, 0.717) is 25.7 Å². The van der Waals surface area contributed by atoms with Gasteiger partial charge in [-0.3, -0.25) is 4.90 Å². The van der Waals surface area contributed by atoms with E-state index in [0.717, 1.165) is 57.0 Å². The molecule has 1 aromatic carbocycles. The summed E-state index contributed by atoms with van der Waals surface area (Å²) in [5.74, 6) is 3.19. The fourth-order valence-corrected chi connectivity index (χ4v) is 5.07. The van der Waals surface area contributed by atoms with Gasteiger partial charge in [0, 0.05) is 52.3 Å². The van der Waals surface area contributed by atoms with Crippen molar-refractivity contribution in [3.05, 3.63) is 35.4 Å². The molecule has 1 aromatic rings. The Balaban J connectivity index is 1.49. The van der Waals surface area contributed by atoms with E-state index < -0.39 is 0 Å². The van der Waals surface area contributed by atoms with Crippen LogP contribution < -0.4 is 5.32 Å². The molecule has 0 aliphatic carbocycles. The van der Waals surface area contributed by atoms with E-state index in [1.807, 2.05) is 0 Å². The third-order valence-electron chi connectivity index (χ3n) is 6.49. The van der Waals surface area contributed by atoms with Crippen molar-refractivity contribution in [3.8, 4) is 0 Å². The van der Waals surface area contributed by atoms with E-state index in [2.05, 4.69) is 60.2 Å². The molecule has 2 saturated heterocycles. The van der Waals surface area contributed by atoms with E-state index in [4.69, 9.17) is 14.5 Å². The van der Waals surface area contributed by atoms with Gasteiger partial charge in [-0.25, -0.2) is 4.99 Å². The SMILES string of the molecule is CCNC(=NCc1ccc(CN2CC(C)CC(C)C2)cc1)N1CCC(COCCOC)C1. The highest BCUT2D eigenvalue weighted by Gasteiger charge is 2.25. The van der Waals surface area contributed by atoms with Gasteiger partial charge in [-0.05, 0) is 42.7 Å². The number of aliphatic imine (C=N–C) groups is 1. The Bertz CT molecular complexity index is 684. The number of ether oxygens (including phenoxy) is 2. The molecule has 2 fully saturated rings. The highest BCUT2D eigenvalue weighted by Crippen LogP contribution is 2.22. The maximum absolute atomic E-state index is 5.74. The highest BCUT2D eigenvalue weighted by molar-refractivity contribution is 5.80. The third kappa shape index (κ3) is 8.05. The number of likely N-dealkylation sites (tertiary alicyclic amines) is 2. The number of piperidine rings is 1. The van der Waals surface area contributed by atoms with Crippen molar-refractivity contribution in [2.24, 2.45) is 22.7 Å². The predicted octanol–water partition coefficient (Wildman–Crippen LogP) is 3.61. The van der Waals surface area contributed by atoms with Crippen LogP contribution in [0, 0.1) is 17.8 Å². The first-order chi connectivity index (χ1) is 15.6. The van der Waals surface area contributed by atoms with Gasteiger partial charge in [0.25, 0.3) is 0 Å². The van der Waals surface area contributed by atoms with Crippen molar-refractivity contribution in [3.63, 3.8) is 0 Å². The molecule has 0 bridgehead atoms. The second-order valence-electron chi connectivity index (χ2n) is 9.80. The molecule has 0 saturated carbocycles. The molecule has 2 aliphatic heterocycles. The van der Waals surface area contributed by atoms with Gasteiger partial charge in [-0.2, -0.15) is 0 Å². The van der Waals surface area contributed by atoms with Gasteiger partial charge in [-0.15, -0.1) is 0 Å². The van der Waals surface area contributed by atoms with Crippen molar-refractivity contribution in [1.29, 1.82) is 0 Å². The van der Waals surface area contributed by atoms with Gasteiger partial charge < -0.3 is 19.7 Å². The van der Waals surface area contributed by atoms with Gasteiger partial charge in [0.15, 0.2) is 5.96 Å². The summed E-state index contributed by atoms with van der Waals surface area (Å²) in [5, 5.41) is 3.47. The van der Waals surface area contributed by atoms with E-state index >= 15 is 0 Å². The Morgan fingerprint density at radius 3 is 2.47 bits per heavy atom.